The second-order valence-electron chi connectivity index (χ2n) is 13.2. The standard InChI is InChI=1S/C32H41Cl2N3O3/c1-19(2)26(29(39)40-31(6,7)8)37-28(38)27-25(20-10-9-11-23(34)16-20)32(18-35,21-12-14-22(33)15-13-21)24(36-27)17-30(3,4)5/h9-16,19,24-27,36H,17H2,1-8H3,(H,37,38)/t24-,25-,26?,27+,32-/m0/s1. The lowest BCUT2D eigenvalue weighted by Gasteiger charge is -2.37. The number of hydrogen-bond donors (Lipinski definition) is 2. The van der Waals surface area contributed by atoms with Crippen molar-refractivity contribution in [2.24, 2.45) is 11.3 Å². The van der Waals surface area contributed by atoms with E-state index < -0.39 is 41.0 Å². The van der Waals surface area contributed by atoms with Crippen molar-refractivity contribution in [2.75, 3.05) is 0 Å². The van der Waals surface area contributed by atoms with Crippen LogP contribution in [0.1, 0.15) is 78.9 Å². The minimum atomic E-state index is -1.14. The smallest absolute Gasteiger partial charge is 0.329 e. The largest absolute Gasteiger partial charge is 0.458 e. The van der Waals surface area contributed by atoms with Gasteiger partial charge in [-0.1, -0.05) is 82.1 Å². The Hall–Kier alpha value is -2.59. The zero-order valence-corrected chi connectivity index (χ0v) is 26.2. The molecule has 1 aliphatic heterocycles. The summed E-state index contributed by atoms with van der Waals surface area (Å²) in [6, 6.07) is 15.1. The third kappa shape index (κ3) is 7.18. The number of nitrogens with one attached hydrogen (secondary N) is 2. The third-order valence-corrected chi connectivity index (χ3v) is 7.68. The second-order valence-corrected chi connectivity index (χ2v) is 14.1. The van der Waals surface area contributed by atoms with Gasteiger partial charge in [-0.05, 0) is 73.9 Å². The van der Waals surface area contributed by atoms with Crippen molar-refractivity contribution >= 4 is 35.1 Å². The molecular formula is C32H41Cl2N3O3. The van der Waals surface area contributed by atoms with E-state index in [1.54, 1.807) is 39.0 Å². The van der Waals surface area contributed by atoms with E-state index >= 15 is 0 Å². The predicted octanol–water partition coefficient (Wildman–Crippen LogP) is 6.80. The number of benzene rings is 2. The van der Waals surface area contributed by atoms with Crippen LogP contribution in [0.2, 0.25) is 10.0 Å². The monoisotopic (exact) mass is 585 g/mol. The van der Waals surface area contributed by atoms with Crippen molar-refractivity contribution in [1.29, 1.82) is 5.26 Å². The minimum Gasteiger partial charge on any atom is -0.458 e. The van der Waals surface area contributed by atoms with Crippen LogP contribution in [-0.4, -0.2) is 35.6 Å². The molecule has 5 atom stereocenters. The summed E-state index contributed by atoms with van der Waals surface area (Å²) in [7, 11) is 0. The number of hydrogen-bond acceptors (Lipinski definition) is 5. The summed E-state index contributed by atoms with van der Waals surface area (Å²) in [5.41, 5.74) is -0.482. The molecule has 1 unspecified atom stereocenters. The Bertz CT molecular complexity index is 1260. The highest BCUT2D eigenvalue weighted by Gasteiger charge is 2.59. The highest BCUT2D eigenvalue weighted by atomic mass is 35.5. The van der Waals surface area contributed by atoms with E-state index in [0.717, 1.165) is 11.1 Å². The van der Waals surface area contributed by atoms with Gasteiger partial charge in [0.1, 0.15) is 17.1 Å². The molecule has 2 N–H and O–H groups in total. The molecule has 0 spiro atoms. The van der Waals surface area contributed by atoms with Gasteiger partial charge in [-0.25, -0.2) is 4.79 Å². The van der Waals surface area contributed by atoms with E-state index in [4.69, 9.17) is 27.9 Å². The number of carbonyl (C=O) groups excluding carboxylic acids is 2. The molecule has 0 bridgehead atoms. The number of rotatable bonds is 7. The first-order valence-corrected chi connectivity index (χ1v) is 14.5. The summed E-state index contributed by atoms with van der Waals surface area (Å²) in [5.74, 6) is -1.70. The molecule has 40 heavy (non-hydrogen) atoms. The molecule has 0 radical (unpaired) electrons. The lowest BCUT2D eigenvalue weighted by atomic mass is 9.63. The minimum absolute atomic E-state index is 0.159. The first-order chi connectivity index (χ1) is 18.5. The Labute approximate surface area is 248 Å². The fraction of sp³-hybridized carbons (Fsp3) is 0.531. The van der Waals surface area contributed by atoms with E-state index in [2.05, 4.69) is 37.5 Å². The number of halogens is 2. The van der Waals surface area contributed by atoms with Gasteiger partial charge in [0.05, 0.1) is 12.1 Å². The molecule has 1 aliphatic rings. The maximum atomic E-state index is 14.2. The Kier molecular flexibility index (Phi) is 9.66. The Morgan fingerprint density at radius 3 is 2.17 bits per heavy atom. The Balaban J connectivity index is 2.18. The van der Waals surface area contributed by atoms with Gasteiger partial charge in [0, 0.05) is 22.0 Å². The topological polar surface area (TPSA) is 91.2 Å². The van der Waals surface area contributed by atoms with Gasteiger partial charge in [0.25, 0.3) is 0 Å². The average molecular weight is 587 g/mol. The van der Waals surface area contributed by atoms with E-state index in [9.17, 15) is 14.9 Å². The summed E-state index contributed by atoms with van der Waals surface area (Å²) in [5, 5.41) is 18.6. The molecule has 0 aliphatic carbocycles. The van der Waals surface area contributed by atoms with Crippen LogP contribution in [0.5, 0.6) is 0 Å². The van der Waals surface area contributed by atoms with Gasteiger partial charge in [-0.3, -0.25) is 4.79 Å². The van der Waals surface area contributed by atoms with Crippen LogP contribution in [-0.2, 0) is 19.7 Å². The fourth-order valence-corrected chi connectivity index (χ4v) is 5.89. The summed E-state index contributed by atoms with van der Waals surface area (Å²) in [4.78, 5) is 27.3. The molecule has 3 rings (SSSR count). The first kappa shape index (κ1) is 31.9. The van der Waals surface area contributed by atoms with Crippen molar-refractivity contribution < 1.29 is 14.3 Å². The van der Waals surface area contributed by atoms with Crippen molar-refractivity contribution in [3.8, 4) is 6.07 Å². The predicted molar refractivity (Wildman–Crippen MR) is 160 cm³/mol. The Morgan fingerprint density at radius 1 is 1.05 bits per heavy atom. The highest BCUT2D eigenvalue weighted by molar-refractivity contribution is 6.30. The number of esters is 1. The van der Waals surface area contributed by atoms with Crippen LogP contribution in [0.3, 0.4) is 0 Å². The number of carbonyl (C=O) groups is 2. The lowest BCUT2D eigenvalue weighted by Crippen LogP contribution is -2.53. The van der Waals surface area contributed by atoms with Crippen molar-refractivity contribution in [1.82, 2.24) is 10.6 Å². The molecule has 1 saturated heterocycles. The number of nitriles is 1. The number of amides is 1. The van der Waals surface area contributed by atoms with Crippen LogP contribution in [0.25, 0.3) is 0 Å². The SMILES string of the molecule is CC(C)C(NC(=O)[C@@H]1N[C@@H](CC(C)(C)C)[C@](C#N)(c2ccc(Cl)cc2)[C@H]1c1cccc(Cl)c1)C(=O)OC(C)(C)C. The molecule has 0 saturated carbocycles. The van der Waals surface area contributed by atoms with Gasteiger partial charge in [-0.15, -0.1) is 0 Å². The molecule has 216 valence electrons. The molecule has 1 heterocycles. The molecule has 2 aromatic carbocycles. The highest BCUT2D eigenvalue weighted by Crippen LogP contribution is 2.51. The van der Waals surface area contributed by atoms with Crippen molar-refractivity contribution in [3.05, 3.63) is 69.7 Å². The molecule has 8 heteroatoms. The van der Waals surface area contributed by atoms with Crippen LogP contribution in [0.4, 0.5) is 0 Å². The summed E-state index contributed by atoms with van der Waals surface area (Å²) in [6.07, 6.45) is 0.615. The third-order valence-electron chi connectivity index (χ3n) is 7.19. The fourth-order valence-electron chi connectivity index (χ4n) is 5.56. The van der Waals surface area contributed by atoms with E-state index in [1.807, 2.05) is 44.2 Å². The number of nitrogens with zero attached hydrogens (tertiary/aromatic N) is 1. The molecular weight excluding hydrogens is 545 g/mol. The quantitative estimate of drug-likeness (QED) is 0.349. The van der Waals surface area contributed by atoms with Crippen molar-refractivity contribution in [3.63, 3.8) is 0 Å². The van der Waals surface area contributed by atoms with E-state index in [-0.39, 0.29) is 17.2 Å². The van der Waals surface area contributed by atoms with Gasteiger partial charge < -0.3 is 15.4 Å². The van der Waals surface area contributed by atoms with Crippen LogP contribution < -0.4 is 10.6 Å². The lowest BCUT2D eigenvalue weighted by molar-refractivity contribution is -0.160. The summed E-state index contributed by atoms with van der Waals surface area (Å²) in [6.45, 7) is 15.4. The zero-order chi connectivity index (χ0) is 30.0. The van der Waals surface area contributed by atoms with E-state index in [0.29, 0.717) is 16.5 Å². The maximum absolute atomic E-state index is 14.2. The molecule has 1 fully saturated rings. The first-order valence-electron chi connectivity index (χ1n) is 13.7. The van der Waals surface area contributed by atoms with Gasteiger partial charge in [0.15, 0.2) is 0 Å². The zero-order valence-electron chi connectivity index (χ0n) is 24.6. The van der Waals surface area contributed by atoms with Crippen molar-refractivity contribution in [2.45, 2.75) is 96.9 Å². The van der Waals surface area contributed by atoms with Crippen LogP contribution in [0.15, 0.2) is 48.5 Å². The Morgan fingerprint density at radius 2 is 1.68 bits per heavy atom. The van der Waals surface area contributed by atoms with E-state index in [1.165, 1.54) is 0 Å². The van der Waals surface area contributed by atoms with Crippen LogP contribution >= 0.6 is 23.2 Å². The average Bonchev–Trinajstić information content (AvgIpc) is 3.14. The number of ether oxygens (including phenoxy) is 1. The molecule has 0 aromatic heterocycles. The normalized spacial score (nSPS) is 23.9. The van der Waals surface area contributed by atoms with Gasteiger partial charge in [0.2, 0.25) is 5.91 Å². The molecule has 6 nitrogen and oxygen atoms in total. The van der Waals surface area contributed by atoms with Gasteiger partial charge >= 0.3 is 5.97 Å². The second kappa shape index (κ2) is 12.1. The van der Waals surface area contributed by atoms with Crippen LogP contribution in [0, 0.1) is 22.7 Å². The summed E-state index contributed by atoms with van der Waals surface area (Å²) < 4.78 is 5.63. The molecule has 2 aromatic rings. The summed E-state index contributed by atoms with van der Waals surface area (Å²) >= 11 is 12.7. The maximum Gasteiger partial charge on any atom is 0.329 e. The molecule has 1 amide bonds. The van der Waals surface area contributed by atoms with Gasteiger partial charge in [-0.2, -0.15) is 5.26 Å².